The predicted molar refractivity (Wildman–Crippen MR) is 83.1 cm³/mol. The smallest absolute Gasteiger partial charge is 0.236 e. The van der Waals surface area contributed by atoms with E-state index >= 15 is 0 Å². The van der Waals surface area contributed by atoms with E-state index < -0.39 is 0 Å². The van der Waals surface area contributed by atoms with Crippen LogP contribution in [0, 0.1) is 0 Å². The third kappa shape index (κ3) is 3.13. The topological polar surface area (TPSA) is 38.1 Å². The summed E-state index contributed by atoms with van der Waals surface area (Å²) in [4.78, 5) is 7.33. The molecule has 4 heteroatoms. The molecule has 0 unspecified atom stereocenters. The molecule has 0 saturated heterocycles. The molecule has 0 radical (unpaired) electrons. The summed E-state index contributed by atoms with van der Waals surface area (Å²) in [7, 11) is 0. The number of fused-ring (bicyclic) bond motifs is 1. The Hall–Kier alpha value is -1.13. The predicted octanol–water partition coefficient (Wildman–Crippen LogP) is 4.17. The van der Waals surface area contributed by atoms with E-state index in [2.05, 4.69) is 30.2 Å². The number of hydrogen-bond acceptors (Lipinski definition) is 4. The normalized spacial score (nSPS) is 15.3. The summed E-state index contributed by atoms with van der Waals surface area (Å²) in [6.45, 7) is 5.04. The number of thiophene rings is 1. The lowest BCUT2D eigenvalue weighted by molar-refractivity contribution is 0.561. The van der Waals surface area contributed by atoms with E-state index in [1.54, 1.807) is 6.26 Å². The van der Waals surface area contributed by atoms with E-state index in [0.717, 1.165) is 18.1 Å². The highest BCUT2D eigenvalue weighted by Crippen LogP contribution is 2.34. The van der Waals surface area contributed by atoms with Crippen molar-refractivity contribution in [2.75, 3.05) is 0 Å². The number of nitrogens with zero attached hydrogens (tertiary/aromatic N) is 1. The van der Waals surface area contributed by atoms with E-state index in [-0.39, 0.29) is 0 Å². The van der Waals surface area contributed by atoms with Crippen LogP contribution in [0.5, 0.6) is 0 Å². The van der Waals surface area contributed by atoms with E-state index in [1.165, 1.54) is 47.4 Å². The highest BCUT2D eigenvalue weighted by atomic mass is 32.1. The van der Waals surface area contributed by atoms with E-state index in [1.807, 2.05) is 11.3 Å². The second-order valence-corrected chi connectivity index (χ2v) is 6.94. The summed E-state index contributed by atoms with van der Waals surface area (Å²) < 4.78 is 5.65. The monoisotopic (exact) mass is 290 g/mol. The molecule has 0 saturated carbocycles. The van der Waals surface area contributed by atoms with Crippen LogP contribution in [0.15, 0.2) is 16.7 Å². The fraction of sp³-hybridized carbons (Fsp3) is 0.562. The lowest BCUT2D eigenvalue weighted by Crippen LogP contribution is -2.21. The summed E-state index contributed by atoms with van der Waals surface area (Å²) in [5.41, 5.74) is 2.50. The molecule has 2 aromatic rings. The molecule has 0 fully saturated rings. The number of aromatic nitrogens is 1. The van der Waals surface area contributed by atoms with Crippen LogP contribution in [-0.2, 0) is 19.4 Å². The standard InChI is InChI=1S/C16H22N2OS/c1-11(2)17-9-13-10-19-16(18-13)15-8-12-6-4-3-5-7-14(12)20-15/h8,10-11,17H,3-7,9H2,1-2H3. The van der Waals surface area contributed by atoms with Gasteiger partial charge in [0, 0.05) is 17.5 Å². The summed E-state index contributed by atoms with van der Waals surface area (Å²) in [5, 5.41) is 3.36. The average Bonchev–Trinajstić information content (AvgIpc) is 2.99. The Kier molecular flexibility index (Phi) is 4.22. The number of oxazole rings is 1. The van der Waals surface area contributed by atoms with Gasteiger partial charge in [-0.05, 0) is 37.3 Å². The molecule has 0 amide bonds. The van der Waals surface area contributed by atoms with Crippen molar-refractivity contribution in [1.29, 1.82) is 0 Å². The quantitative estimate of drug-likeness (QED) is 0.859. The highest BCUT2D eigenvalue weighted by molar-refractivity contribution is 7.15. The first-order valence-electron chi connectivity index (χ1n) is 7.52. The molecule has 0 spiro atoms. The van der Waals surface area contributed by atoms with Gasteiger partial charge in [0.05, 0.1) is 10.6 Å². The minimum Gasteiger partial charge on any atom is -0.444 e. The van der Waals surface area contributed by atoms with Gasteiger partial charge in [-0.2, -0.15) is 0 Å². The number of hydrogen-bond donors (Lipinski definition) is 1. The van der Waals surface area contributed by atoms with Gasteiger partial charge < -0.3 is 9.73 Å². The SMILES string of the molecule is CC(C)NCc1coc(-c2cc3c(s2)CCCCC3)n1. The van der Waals surface area contributed by atoms with Crippen molar-refractivity contribution in [1.82, 2.24) is 10.3 Å². The zero-order valence-corrected chi connectivity index (χ0v) is 13.1. The second kappa shape index (κ2) is 6.10. The summed E-state index contributed by atoms with van der Waals surface area (Å²) >= 11 is 1.86. The summed E-state index contributed by atoms with van der Waals surface area (Å²) in [6, 6.07) is 2.75. The lowest BCUT2D eigenvalue weighted by Gasteiger charge is -2.03. The summed E-state index contributed by atoms with van der Waals surface area (Å²) in [6.07, 6.45) is 8.22. The van der Waals surface area contributed by atoms with Crippen LogP contribution in [0.25, 0.3) is 10.8 Å². The van der Waals surface area contributed by atoms with E-state index in [9.17, 15) is 0 Å². The molecule has 0 aromatic carbocycles. The van der Waals surface area contributed by atoms with Crippen LogP contribution in [0.1, 0.15) is 49.2 Å². The molecule has 1 aliphatic carbocycles. The number of rotatable bonds is 4. The van der Waals surface area contributed by atoms with Gasteiger partial charge in [0.25, 0.3) is 0 Å². The van der Waals surface area contributed by atoms with Crippen LogP contribution in [0.2, 0.25) is 0 Å². The lowest BCUT2D eigenvalue weighted by atomic mass is 10.1. The van der Waals surface area contributed by atoms with Crippen molar-refractivity contribution in [3.8, 4) is 10.8 Å². The first-order valence-corrected chi connectivity index (χ1v) is 8.34. The minimum absolute atomic E-state index is 0.466. The molecule has 2 heterocycles. The number of aryl methyl sites for hydroxylation is 2. The first kappa shape index (κ1) is 13.8. The third-order valence-electron chi connectivity index (χ3n) is 3.70. The van der Waals surface area contributed by atoms with Crippen molar-refractivity contribution in [2.24, 2.45) is 0 Å². The van der Waals surface area contributed by atoms with Crippen LogP contribution in [0.3, 0.4) is 0 Å². The van der Waals surface area contributed by atoms with Crippen molar-refractivity contribution < 1.29 is 4.42 Å². The molecule has 3 rings (SSSR count). The van der Waals surface area contributed by atoms with Gasteiger partial charge in [-0.1, -0.05) is 20.3 Å². The molecular formula is C16H22N2OS. The van der Waals surface area contributed by atoms with Crippen molar-refractivity contribution in [3.63, 3.8) is 0 Å². The number of nitrogens with one attached hydrogen (secondary N) is 1. The minimum atomic E-state index is 0.466. The van der Waals surface area contributed by atoms with Gasteiger partial charge in [0.2, 0.25) is 5.89 Å². The molecule has 108 valence electrons. The zero-order valence-electron chi connectivity index (χ0n) is 12.2. The molecule has 0 atom stereocenters. The maximum Gasteiger partial charge on any atom is 0.236 e. The van der Waals surface area contributed by atoms with E-state index in [0.29, 0.717) is 6.04 Å². The van der Waals surface area contributed by atoms with Crippen molar-refractivity contribution in [3.05, 3.63) is 28.5 Å². The van der Waals surface area contributed by atoms with Crippen LogP contribution in [0.4, 0.5) is 0 Å². The molecule has 2 aromatic heterocycles. The van der Waals surface area contributed by atoms with Gasteiger partial charge in [-0.3, -0.25) is 0 Å². The Morgan fingerprint density at radius 1 is 1.30 bits per heavy atom. The zero-order chi connectivity index (χ0) is 13.9. The fourth-order valence-corrected chi connectivity index (χ4v) is 3.77. The fourth-order valence-electron chi connectivity index (χ4n) is 2.58. The Morgan fingerprint density at radius 3 is 3.00 bits per heavy atom. The molecule has 20 heavy (non-hydrogen) atoms. The molecule has 0 aliphatic heterocycles. The van der Waals surface area contributed by atoms with Crippen LogP contribution >= 0.6 is 11.3 Å². The molecule has 3 nitrogen and oxygen atoms in total. The van der Waals surface area contributed by atoms with Crippen LogP contribution in [-0.4, -0.2) is 11.0 Å². The van der Waals surface area contributed by atoms with Gasteiger partial charge in [-0.15, -0.1) is 11.3 Å². The molecule has 0 bridgehead atoms. The van der Waals surface area contributed by atoms with Crippen molar-refractivity contribution >= 4 is 11.3 Å². The van der Waals surface area contributed by atoms with Crippen molar-refractivity contribution in [2.45, 2.75) is 58.5 Å². The summed E-state index contributed by atoms with van der Waals surface area (Å²) in [5.74, 6) is 0.781. The largest absolute Gasteiger partial charge is 0.444 e. The molecular weight excluding hydrogens is 268 g/mol. The highest BCUT2D eigenvalue weighted by Gasteiger charge is 2.16. The average molecular weight is 290 g/mol. The first-order chi connectivity index (χ1) is 9.72. The maximum absolute atomic E-state index is 5.65. The third-order valence-corrected chi connectivity index (χ3v) is 4.93. The Bertz CT molecular complexity index is 547. The maximum atomic E-state index is 5.65. The Labute approximate surface area is 124 Å². The van der Waals surface area contributed by atoms with Gasteiger partial charge in [-0.25, -0.2) is 4.98 Å². The second-order valence-electron chi connectivity index (χ2n) is 5.80. The van der Waals surface area contributed by atoms with Gasteiger partial charge >= 0.3 is 0 Å². The van der Waals surface area contributed by atoms with E-state index in [4.69, 9.17) is 4.42 Å². The Balaban J connectivity index is 1.76. The van der Waals surface area contributed by atoms with Crippen LogP contribution < -0.4 is 5.32 Å². The Morgan fingerprint density at radius 2 is 2.15 bits per heavy atom. The molecule has 1 aliphatic rings. The van der Waals surface area contributed by atoms with Gasteiger partial charge in [0.1, 0.15) is 6.26 Å². The van der Waals surface area contributed by atoms with Gasteiger partial charge in [0.15, 0.2) is 0 Å². The molecule has 1 N–H and O–H groups in total.